The van der Waals surface area contributed by atoms with E-state index in [1.54, 1.807) is 11.6 Å². The van der Waals surface area contributed by atoms with Crippen LogP contribution in [0.3, 0.4) is 0 Å². The van der Waals surface area contributed by atoms with Crippen molar-refractivity contribution >= 4 is 0 Å². The van der Waals surface area contributed by atoms with E-state index < -0.39 is 11.2 Å². The average Bonchev–Trinajstić information content (AvgIpc) is 3.04. The number of aliphatic hydroxyl groups is 2. The lowest BCUT2D eigenvalue weighted by molar-refractivity contribution is -0.0711. The lowest BCUT2D eigenvalue weighted by Crippen LogP contribution is -2.52. The largest absolute Gasteiger partial charge is 0.390 e. The van der Waals surface area contributed by atoms with Crippen molar-refractivity contribution in [2.24, 2.45) is 40.4 Å². The van der Waals surface area contributed by atoms with Gasteiger partial charge in [-0.05, 0) is 118 Å². The van der Waals surface area contributed by atoms with Crippen molar-refractivity contribution in [3.05, 3.63) is 24.3 Å². The maximum atomic E-state index is 10.7. The number of rotatable bonds is 5. The third-order valence-corrected chi connectivity index (χ3v) is 10.7. The van der Waals surface area contributed by atoms with Crippen LogP contribution in [0.25, 0.3) is 0 Å². The van der Waals surface area contributed by atoms with Gasteiger partial charge in [-0.3, -0.25) is 0 Å². The summed E-state index contributed by atoms with van der Waals surface area (Å²) in [6, 6.07) is 0. The number of hydrogen-bond donors (Lipinski definition) is 2. The fourth-order valence-electron chi connectivity index (χ4n) is 8.60. The monoisotopic (exact) mass is 414 g/mol. The van der Waals surface area contributed by atoms with Gasteiger partial charge in [-0.25, -0.2) is 0 Å². The summed E-state index contributed by atoms with van der Waals surface area (Å²) >= 11 is 0. The van der Waals surface area contributed by atoms with E-state index >= 15 is 0 Å². The van der Waals surface area contributed by atoms with Gasteiger partial charge >= 0.3 is 0 Å². The van der Waals surface area contributed by atoms with Crippen molar-refractivity contribution in [3.8, 4) is 0 Å². The maximum absolute atomic E-state index is 10.7. The highest BCUT2D eigenvalue weighted by molar-refractivity contribution is 5.26. The standard InChI is InChI=1S/C28H46O2/c1-7-25(3,29)14-12-19(2)22-10-11-23-21-9-8-20-18-26(4,30)16-17-27(20,5)24(21)13-15-28(22,23)6/h7-8,19,21-24,29-30H,1,9-18H2,2-6H3/t19-,21+,22?,23+,24+,25?,26+,27+,28-/m1/s1. The Morgan fingerprint density at radius 1 is 1.17 bits per heavy atom. The summed E-state index contributed by atoms with van der Waals surface area (Å²) in [5, 5.41) is 21.1. The van der Waals surface area contributed by atoms with E-state index in [-0.39, 0.29) is 0 Å². The van der Waals surface area contributed by atoms with Gasteiger partial charge in [0.25, 0.3) is 0 Å². The summed E-state index contributed by atoms with van der Waals surface area (Å²) in [5.41, 5.74) is 1.12. The molecule has 0 amide bonds. The topological polar surface area (TPSA) is 40.5 Å². The Balaban J connectivity index is 1.51. The Morgan fingerprint density at radius 2 is 1.90 bits per heavy atom. The molecule has 0 bridgehead atoms. The molecule has 0 aromatic heterocycles. The molecule has 2 unspecified atom stereocenters. The van der Waals surface area contributed by atoms with Gasteiger partial charge in [0.2, 0.25) is 0 Å². The van der Waals surface area contributed by atoms with Crippen molar-refractivity contribution in [2.75, 3.05) is 0 Å². The van der Waals surface area contributed by atoms with E-state index in [2.05, 4.69) is 33.4 Å². The van der Waals surface area contributed by atoms with E-state index in [4.69, 9.17) is 0 Å². The van der Waals surface area contributed by atoms with Gasteiger partial charge in [-0.1, -0.05) is 38.5 Å². The molecule has 0 saturated heterocycles. The molecule has 4 rings (SSSR count). The van der Waals surface area contributed by atoms with Crippen LogP contribution in [0.2, 0.25) is 0 Å². The quantitative estimate of drug-likeness (QED) is 0.493. The molecule has 0 radical (unpaired) electrons. The van der Waals surface area contributed by atoms with Gasteiger partial charge in [0, 0.05) is 0 Å². The van der Waals surface area contributed by atoms with Crippen molar-refractivity contribution in [1.29, 1.82) is 0 Å². The third-order valence-electron chi connectivity index (χ3n) is 10.7. The SMILES string of the molecule is C=CC(C)(O)CC[C@@H](C)C1CC[C@H]2[C@@H]3CC=C4C[C@@](C)(O)CC[C@]4(C)[C@H]3CC[C@]12C. The first-order chi connectivity index (χ1) is 13.9. The van der Waals surface area contributed by atoms with Crippen LogP contribution < -0.4 is 0 Å². The first-order valence-electron chi connectivity index (χ1n) is 12.7. The second-order valence-electron chi connectivity index (χ2n) is 12.7. The van der Waals surface area contributed by atoms with Gasteiger partial charge in [-0.2, -0.15) is 0 Å². The van der Waals surface area contributed by atoms with Gasteiger partial charge in [0.15, 0.2) is 0 Å². The Morgan fingerprint density at radius 3 is 2.60 bits per heavy atom. The maximum Gasteiger partial charge on any atom is 0.0797 e. The Hall–Kier alpha value is -0.600. The fraction of sp³-hybridized carbons (Fsp3) is 0.857. The van der Waals surface area contributed by atoms with E-state index in [9.17, 15) is 10.2 Å². The van der Waals surface area contributed by atoms with Crippen LogP contribution in [0.1, 0.15) is 98.8 Å². The molecule has 2 N–H and O–H groups in total. The zero-order valence-corrected chi connectivity index (χ0v) is 20.2. The lowest BCUT2D eigenvalue weighted by Gasteiger charge is -2.59. The summed E-state index contributed by atoms with van der Waals surface area (Å²) in [6.45, 7) is 15.3. The first kappa shape index (κ1) is 22.6. The van der Waals surface area contributed by atoms with Crippen LogP contribution in [-0.2, 0) is 0 Å². The second-order valence-corrected chi connectivity index (χ2v) is 12.7. The van der Waals surface area contributed by atoms with Crippen LogP contribution in [0.15, 0.2) is 24.3 Å². The molecular weight excluding hydrogens is 368 g/mol. The summed E-state index contributed by atoms with van der Waals surface area (Å²) < 4.78 is 0. The highest BCUT2D eigenvalue weighted by Gasteiger charge is 2.59. The minimum Gasteiger partial charge on any atom is -0.390 e. The minimum atomic E-state index is -0.730. The number of hydrogen-bond acceptors (Lipinski definition) is 2. The van der Waals surface area contributed by atoms with Crippen molar-refractivity contribution in [2.45, 2.75) is 110 Å². The highest BCUT2D eigenvalue weighted by Crippen LogP contribution is 2.67. The first-order valence-corrected chi connectivity index (χ1v) is 12.7. The van der Waals surface area contributed by atoms with E-state index in [0.717, 1.165) is 55.8 Å². The summed E-state index contributed by atoms with van der Waals surface area (Å²) in [7, 11) is 0. The minimum absolute atomic E-state index is 0.318. The van der Waals surface area contributed by atoms with Crippen LogP contribution in [0, 0.1) is 40.4 Å². The molecule has 0 aromatic rings. The smallest absolute Gasteiger partial charge is 0.0797 e. The number of fused-ring (bicyclic) bond motifs is 5. The van der Waals surface area contributed by atoms with Gasteiger partial charge in [-0.15, -0.1) is 6.58 Å². The molecule has 30 heavy (non-hydrogen) atoms. The van der Waals surface area contributed by atoms with Crippen LogP contribution in [0.5, 0.6) is 0 Å². The highest BCUT2D eigenvalue weighted by atomic mass is 16.3. The second kappa shape index (κ2) is 7.48. The molecule has 3 saturated carbocycles. The normalized spacial score (nSPS) is 48.6. The molecule has 4 aliphatic carbocycles. The van der Waals surface area contributed by atoms with Crippen molar-refractivity contribution < 1.29 is 10.2 Å². The molecule has 3 fully saturated rings. The van der Waals surface area contributed by atoms with Crippen molar-refractivity contribution in [3.63, 3.8) is 0 Å². The molecule has 2 heteroatoms. The zero-order valence-electron chi connectivity index (χ0n) is 20.2. The Labute approximate surface area is 185 Å². The predicted molar refractivity (Wildman–Crippen MR) is 125 cm³/mol. The fourth-order valence-corrected chi connectivity index (χ4v) is 8.60. The molecular formula is C28H46O2. The van der Waals surface area contributed by atoms with Crippen molar-refractivity contribution in [1.82, 2.24) is 0 Å². The summed E-state index contributed by atoms with van der Waals surface area (Å²) in [6.07, 6.45) is 15.9. The van der Waals surface area contributed by atoms with Crippen LogP contribution in [0.4, 0.5) is 0 Å². The average molecular weight is 415 g/mol. The summed E-state index contributed by atoms with van der Waals surface area (Å²) in [5.74, 6) is 3.93. The number of allylic oxidation sites excluding steroid dienone is 1. The lowest BCUT2D eigenvalue weighted by atomic mass is 9.46. The molecule has 0 heterocycles. The van der Waals surface area contributed by atoms with Gasteiger partial charge < -0.3 is 10.2 Å². The van der Waals surface area contributed by atoms with Crippen LogP contribution >= 0.6 is 0 Å². The third kappa shape index (κ3) is 3.64. The van der Waals surface area contributed by atoms with Gasteiger partial charge in [0.1, 0.15) is 0 Å². The predicted octanol–water partition coefficient (Wildman–Crippen LogP) is 6.67. The summed E-state index contributed by atoms with van der Waals surface area (Å²) in [4.78, 5) is 0. The molecule has 9 atom stereocenters. The van der Waals surface area contributed by atoms with E-state index in [1.807, 2.05) is 13.8 Å². The van der Waals surface area contributed by atoms with Gasteiger partial charge in [0.05, 0.1) is 11.2 Å². The molecule has 0 spiro atoms. The van der Waals surface area contributed by atoms with E-state index in [1.165, 1.54) is 32.1 Å². The molecule has 0 aliphatic heterocycles. The van der Waals surface area contributed by atoms with Crippen LogP contribution in [-0.4, -0.2) is 21.4 Å². The Kier molecular flexibility index (Phi) is 5.63. The molecule has 170 valence electrons. The molecule has 2 nitrogen and oxygen atoms in total. The Bertz CT molecular complexity index is 703. The zero-order chi connectivity index (χ0) is 21.9. The molecule has 0 aromatic carbocycles. The molecule has 4 aliphatic rings. The van der Waals surface area contributed by atoms with E-state index in [0.29, 0.717) is 16.7 Å².